The molecule has 0 bridgehead atoms. The first-order valence-electron chi connectivity index (χ1n) is 8.60. The highest BCUT2D eigenvalue weighted by atomic mass is 32.2. The lowest BCUT2D eigenvalue weighted by Crippen LogP contribution is -2.16. The molecule has 0 saturated heterocycles. The minimum atomic E-state index is -0.514. The molecule has 0 aromatic heterocycles. The van der Waals surface area contributed by atoms with Gasteiger partial charge in [-0.2, -0.15) is 0 Å². The van der Waals surface area contributed by atoms with Gasteiger partial charge in [-0.15, -0.1) is 0 Å². The molecule has 0 amide bonds. The number of ether oxygens (including phenoxy) is 2. The Kier molecular flexibility index (Phi) is 4.79. The predicted molar refractivity (Wildman–Crippen MR) is 108 cm³/mol. The summed E-state index contributed by atoms with van der Waals surface area (Å²) in [5.41, 5.74) is 3.21. The fraction of sp³-hybridized carbons (Fsp3) is 0.0909. The largest absolute Gasteiger partial charge is 0.465 e. The van der Waals surface area contributed by atoms with Crippen molar-refractivity contribution in [2.75, 3.05) is 19.1 Å². The molecule has 0 fully saturated rings. The second kappa shape index (κ2) is 7.40. The summed E-state index contributed by atoms with van der Waals surface area (Å²) in [7, 11) is 2.63. The molecule has 0 atom stereocenters. The molecule has 5 nitrogen and oxygen atoms in total. The SMILES string of the molecule is COC(=O)c1cc(C(=O)OC)cc(N2c3ccccc3Sc3ccccc32)c1. The van der Waals surface area contributed by atoms with E-state index in [0.29, 0.717) is 5.69 Å². The fourth-order valence-electron chi connectivity index (χ4n) is 3.19. The molecule has 0 aliphatic carbocycles. The Hall–Kier alpha value is -3.25. The van der Waals surface area contributed by atoms with Crippen LogP contribution in [0.5, 0.6) is 0 Å². The van der Waals surface area contributed by atoms with Gasteiger partial charge in [0.15, 0.2) is 0 Å². The van der Waals surface area contributed by atoms with Crippen LogP contribution in [0.15, 0.2) is 76.5 Å². The maximum Gasteiger partial charge on any atom is 0.337 e. The third kappa shape index (κ3) is 3.12. The average Bonchev–Trinajstić information content (AvgIpc) is 2.75. The molecular weight excluding hydrogens is 374 g/mol. The zero-order valence-electron chi connectivity index (χ0n) is 15.3. The quantitative estimate of drug-likeness (QED) is 0.448. The van der Waals surface area contributed by atoms with Crippen LogP contribution in [-0.4, -0.2) is 26.2 Å². The first-order valence-corrected chi connectivity index (χ1v) is 9.42. The monoisotopic (exact) mass is 391 g/mol. The third-order valence-electron chi connectivity index (χ3n) is 4.45. The molecule has 28 heavy (non-hydrogen) atoms. The third-order valence-corrected chi connectivity index (χ3v) is 5.58. The molecule has 4 rings (SSSR count). The number of rotatable bonds is 3. The van der Waals surface area contributed by atoms with Gasteiger partial charge in [-0.05, 0) is 42.5 Å². The minimum Gasteiger partial charge on any atom is -0.465 e. The number of anilines is 3. The van der Waals surface area contributed by atoms with Crippen molar-refractivity contribution in [1.29, 1.82) is 0 Å². The molecular formula is C22H17NO4S. The number of nitrogens with zero attached hydrogens (tertiary/aromatic N) is 1. The fourth-order valence-corrected chi connectivity index (χ4v) is 4.25. The standard InChI is InChI=1S/C22H17NO4S/c1-26-21(24)14-11-15(22(25)27-2)13-16(12-14)23-17-7-3-5-9-19(17)28-20-10-6-4-8-18(20)23/h3-13H,1-2H3. The predicted octanol–water partition coefficient (Wildman–Crippen LogP) is 5.19. The second-order valence-electron chi connectivity index (χ2n) is 6.12. The first kappa shape index (κ1) is 18.1. The Morgan fingerprint density at radius 3 is 1.68 bits per heavy atom. The molecule has 0 saturated carbocycles. The first-order chi connectivity index (χ1) is 13.6. The Morgan fingerprint density at radius 2 is 1.21 bits per heavy atom. The molecule has 3 aromatic carbocycles. The number of carbonyl (C=O) groups excluding carboxylic acids is 2. The zero-order chi connectivity index (χ0) is 19.7. The number of carbonyl (C=O) groups is 2. The number of hydrogen-bond acceptors (Lipinski definition) is 6. The van der Waals surface area contributed by atoms with Crippen molar-refractivity contribution in [2.45, 2.75) is 9.79 Å². The molecule has 0 N–H and O–H groups in total. The smallest absolute Gasteiger partial charge is 0.337 e. The van der Waals surface area contributed by atoms with E-state index in [1.54, 1.807) is 23.9 Å². The van der Waals surface area contributed by atoms with Gasteiger partial charge in [0.25, 0.3) is 0 Å². The van der Waals surface area contributed by atoms with Gasteiger partial charge >= 0.3 is 11.9 Å². The molecule has 3 aromatic rings. The van der Waals surface area contributed by atoms with Gasteiger partial charge in [-0.25, -0.2) is 9.59 Å². The van der Waals surface area contributed by atoms with E-state index in [-0.39, 0.29) is 11.1 Å². The number of para-hydroxylation sites is 2. The van der Waals surface area contributed by atoms with Gasteiger partial charge in [0.2, 0.25) is 0 Å². The van der Waals surface area contributed by atoms with Gasteiger partial charge in [0.05, 0.1) is 36.7 Å². The van der Waals surface area contributed by atoms with Crippen LogP contribution in [0.2, 0.25) is 0 Å². The molecule has 0 radical (unpaired) electrons. The highest BCUT2D eigenvalue weighted by Crippen LogP contribution is 2.51. The summed E-state index contributed by atoms with van der Waals surface area (Å²) in [6.45, 7) is 0. The van der Waals surface area contributed by atoms with Crippen LogP contribution in [0, 0.1) is 0 Å². The number of hydrogen-bond donors (Lipinski definition) is 0. The molecule has 6 heteroatoms. The van der Waals surface area contributed by atoms with Gasteiger partial charge in [-0.3, -0.25) is 0 Å². The van der Waals surface area contributed by atoms with Crippen LogP contribution in [-0.2, 0) is 9.47 Å². The van der Waals surface area contributed by atoms with Crippen molar-refractivity contribution in [2.24, 2.45) is 0 Å². The van der Waals surface area contributed by atoms with Crippen LogP contribution in [0.1, 0.15) is 20.7 Å². The maximum absolute atomic E-state index is 12.2. The lowest BCUT2D eigenvalue weighted by atomic mass is 10.1. The van der Waals surface area contributed by atoms with Crippen LogP contribution >= 0.6 is 11.8 Å². The second-order valence-corrected chi connectivity index (χ2v) is 7.21. The van der Waals surface area contributed by atoms with Gasteiger partial charge in [0, 0.05) is 15.5 Å². The molecule has 140 valence electrons. The van der Waals surface area contributed by atoms with Crippen molar-refractivity contribution >= 4 is 40.8 Å². The van der Waals surface area contributed by atoms with Gasteiger partial charge < -0.3 is 14.4 Å². The molecule has 0 spiro atoms. The lowest BCUT2D eigenvalue weighted by molar-refractivity contribution is 0.0599. The van der Waals surface area contributed by atoms with Crippen molar-refractivity contribution in [3.63, 3.8) is 0 Å². The maximum atomic E-state index is 12.2. The van der Waals surface area contributed by atoms with Crippen LogP contribution < -0.4 is 4.90 Å². The number of fused-ring (bicyclic) bond motifs is 2. The number of benzene rings is 3. The summed E-state index contributed by atoms with van der Waals surface area (Å²) in [5, 5.41) is 0. The van der Waals surface area contributed by atoms with Gasteiger partial charge in [0.1, 0.15) is 0 Å². The van der Waals surface area contributed by atoms with Crippen molar-refractivity contribution in [3.05, 3.63) is 77.9 Å². The van der Waals surface area contributed by atoms with E-state index in [2.05, 4.69) is 0 Å². The number of esters is 2. The van der Waals surface area contributed by atoms with Crippen LogP contribution in [0.4, 0.5) is 17.1 Å². The van der Waals surface area contributed by atoms with Crippen LogP contribution in [0.25, 0.3) is 0 Å². The Balaban J connectivity index is 1.96. The van der Waals surface area contributed by atoms with E-state index >= 15 is 0 Å². The van der Waals surface area contributed by atoms with E-state index in [1.165, 1.54) is 20.3 Å². The number of methoxy groups -OCH3 is 2. The molecule has 1 aliphatic heterocycles. The molecule has 0 unspecified atom stereocenters. The highest BCUT2D eigenvalue weighted by Gasteiger charge is 2.26. The van der Waals surface area contributed by atoms with Crippen molar-refractivity contribution < 1.29 is 19.1 Å². The van der Waals surface area contributed by atoms with E-state index in [0.717, 1.165) is 21.2 Å². The van der Waals surface area contributed by atoms with Crippen molar-refractivity contribution in [3.8, 4) is 0 Å². The topological polar surface area (TPSA) is 55.8 Å². The Labute approximate surface area is 166 Å². The lowest BCUT2D eigenvalue weighted by Gasteiger charge is -2.33. The van der Waals surface area contributed by atoms with E-state index in [4.69, 9.17) is 9.47 Å². The normalized spacial score (nSPS) is 12.0. The highest BCUT2D eigenvalue weighted by molar-refractivity contribution is 7.99. The van der Waals surface area contributed by atoms with Crippen LogP contribution in [0.3, 0.4) is 0 Å². The summed E-state index contributed by atoms with van der Waals surface area (Å²) >= 11 is 1.69. The molecule has 1 heterocycles. The minimum absolute atomic E-state index is 0.286. The van der Waals surface area contributed by atoms with E-state index < -0.39 is 11.9 Å². The van der Waals surface area contributed by atoms with Gasteiger partial charge in [-0.1, -0.05) is 36.0 Å². The van der Waals surface area contributed by atoms with E-state index in [1.807, 2.05) is 53.4 Å². The zero-order valence-corrected chi connectivity index (χ0v) is 16.2. The summed E-state index contributed by atoms with van der Waals surface area (Å²) in [6.07, 6.45) is 0. The summed E-state index contributed by atoms with van der Waals surface area (Å²) in [5.74, 6) is -1.03. The Bertz CT molecular complexity index is 1000. The average molecular weight is 391 g/mol. The Morgan fingerprint density at radius 1 is 0.750 bits per heavy atom. The summed E-state index contributed by atoms with van der Waals surface area (Å²) in [4.78, 5) is 28.6. The summed E-state index contributed by atoms with van der Waals surface area (Å²) < 4.78 is 9.74. The van der Waals surface area contributed by atoms with E-state index in [9.17, 15) is 9.59 Å². The molecule has 1 aliphatic rings. The summed E-state index contributed by atoms with van der Waals surface area (Å²) in [6, 6.07) is 21.0. The van der Waals surface area contributed by atoms with Crippen molar-refractivity contribution in [1.82, 2.24) is 0 Å².